The average molecular weight is 595 g/mol. The highest BCUT2D eigenvalue weighted by Gasteiger charge is 2.31. The Morgan fingerprint density at radius 1 is 0.806 bits per heavy atom. The minimum Gasteiger partial charge on any atom is -0.406 e. The first-order valence-electron chi connectivity index (χ1n) is 9.66. The second-order valence-electron chi connectivity index (χ2n) is 7.06. The van der Waals surface area contributed by atoms with E-state index in [1.165, 1.54) is 35.6 Å². The molecule has 2 N–H and O–H groups in total. The fraction of sp³-hybridized carbons (Fsp3) is 0.0476. The number of hydrogen-bond acceptors (Lipinski definition) is 7. The van der Waals surface area contributed by atoms with E-state index in [2.05, 4.69) is 14.2 Å². The molecule has 0 fully saturated rings. The van der Waals surface area contributed by atoms with Gasteiger partial charge in [-0.3, -0.25) is 9.44 Å². The summed E-state index contributed by atoms with van der Waals surface area (Å²) in [7, 11) is -8.43. The Hall–Kier alpha value is -2.78. The molecule has 4 rings (SSSR count). The first-order valence-corrected chi connectivity index (χ1v) is 14.8. The molecule has 0 aliphatic heterocycles. The van der Waals surface area contributed by atoms with Crippen LogP contribution in [0.15, 0.2) is 80.5 Å². The van der Waals surface area contributed by atoms with Crippen molar-refractivity contribution < 1.29 is 34.7 Å². The third-order valence-corrected chi connectivity index (χ3v) is 9.70. The van der Waals surface area contributed by atoms with E-state index in [4.69, 9.17) is 11.6 Å². The second kappa shape index (κ2) is 9.94. The number of ether oxygens (including phenoxy) is 1. The van der Waals surface area contributed by atoms with E-state index < -0.39 is 32.2 Å². The van der Waals surface area contributed by atoms with Gasteiger partial charge in [-0.2, -0.15) is 11.3 Å². The van der Waals surface area contributed by atoms with E-state index in [0.717, 1.165) is 41.2 Å². The zero-order chi connectivity index (χ0) is 26.1. The van der Waals surface area contributed by atoms with Crippen LogP contribution >= 0.6 is 34.3 Å². The number of nitrogens with one attached hydrogen (secondary N) is 2. The first-order chi connectivity index (χ1) is 16.8. The molecular formula is C21H14ClF3N2O5S4. The number of anilines is 2. The summed E-state index contributed by atoms with van der Waals surface area (Å²) in [5.74, 6) is -0.594. The van der Waals surface area contributed by atoms with Crippen molar-refractivity contribution in [3.8, 4) is 16.9 Å². The zero-order valence-electron chi connectivity index (χ0n) is 17.6. The number of benzene rings is 2. The lowest BCUT2D eigenvalue weighted by Crippen LogP contribution is -2.18. The Bertz CT molecular complexity index is 1590. The summed E-state index contributed by atoms with van der Waals surface area (Å²) in [4.78, 5) is -0.364. The van der Waals surface area contributed by atoms with E-state index in [1.807, 2.05) is 10.8 Å². The minimum atomic E-state index is -4.93. The second-order valence-corrected chi connectivity index (χ2v) is 13.1. The van der Waals surface area contributed by atoms with E-state index >= 15 is 0 Å². The van der Waals surface area contributed by atoms with Crippen LogP contribution in [0.25, 0.3) is 11.1 Å². The van der Waals surface area contributed by atoms with Crippen molar-refractivity contribution in [3.05, 3.63) is 75.8 Å². The molecule has 0 aliphatic rings. The smallest absolute Gasteiger partial charge is 0.406 e. The van der Waals surface area contributed by atoms with Gasteiger partial charge in [0.2, 0.25) is 0 Å². The van der Waals surface area contributed by atoms with Crippen molar-refractivity contribution in [3.63, 3.8) is 0 Å². The molecule has 2 aromatic carbocycles. The normalized spacial score (nSPS) is 12.3. The molecule has 2 heterocycles. The molecule has 36 heavy (non-hydrogen) atoms. The fourth-order valence-electron chi connectivity index (χ4n) is 2.99. The van der Waals surface area contributed by atoms with Gasteiger partial charge in [-0.05, 0) is 76.5 Å². The predicted octanol–water partition coefficient (Wildman–Crippen LogP) is 6.63. The van der Waals surface area contributed by atoms with Gasteiger partial charge in [0.15, 0.2) is 0 Å². The summed E-state index contributed by atoms with van der Waals surface area (Å²) in [6.07, 6.45) is -4.93. The maximum atomic E-state index is 13.0. The van der Waals surface area contributed by atoms with Gasteiger partial charge in [0.05, 0.1) is 20.6 Å². The van der Waals surface area contributed by atoms with Crippen molar-refractivity contribution in [2.75, 3.05) is 9.44 Å². The highest BCUT2D eigenvalue weighted by atomic mass is 35.5. The molecule has 0 aliphatic carbocycles. The van der Waals surface area contributed by atoms with Gasteiger partial charge in [0.1, 0.15) is 9.96 Å². The van der Waals surface area contributed by atoms with Crippen LogP contribution in [0.4, 0.5) is 24.5 Å². The van der Waals surface area contributed by atoms with Gasteiger partial charge in [-0.1, -0.05) is 17.7 Å². The molecule has 0 radical (unpaired) electrons. The molecule has 0 saturated carbocycles. The topological polar surface area (TPSA) is 102 Å². The Morgan fingerprint density at radius 2 is 1.50 bits per heavy atom. The number of thiophene rings is 2. The third kappa shape index (κ3) is 6.31. The third-order valence-electron chi connectivity index (χ3n) is 4.54. The number of sulfonamides is 2. The SMILES string of the molecule is O=S(=O)(Nc1cc(-c2ccsc2)ccc1NS(=O)(=O)c1ccc(Cl)s1)c1ccc(OC(F)(F)F)cc1. The van der Waals surface area contributed by atoms with Crippen molar-refractivity contribution in [2.24, 2.45) is 0 Å². The number of alkyl halides is 3. The molecule has 0 unspecified atom stereocenters. The number of hydrogen-bond donors (Lipinski definition) is 2. The molecule has 15 heteroatoms. The summed E-state index contributed by atoms with van der Waals surface area (Å²) in [5, 5.41) is 3.64. The summed E-state index contributed by atoms with van der Waals surface area (Å²) < 4.78 is 97.5. The standard InChI is InChI=1S/C21H14ClF3N2O5S4/c22-19-7-8-20(34-19)36(30,31)26-17-6-1-13(14-9-10-33-12-14)11-18(17)27-35(28,29)16-4-2-15(3-5-16)32-21(23,24)25/h1-12,26-27H. The number of rotatable bonds is 8. The molecule has 190 valence electrons. The zero-order valence-corrected chi connectivity index (χ0v) is 21.6. The van der Waals surface area contributed by atoms with Crippen LogP contribution in [0, 0.1) is 0 Å². The highest BCUT2D eigenvalue weighted by Crippen LogP contribution is 2.35. The summed E-state index contributed by atoms with van der Waals surface area (Å²) >= 11 is 8.08. The van der Waals surface area contributed by atoms with Crippen LogP contribution in [-0.4, -0.2) is 23.2 Å². The van der Waals surface area contributed by atoms with E-state index in [9.17, 15) is 30.0 Å². The van der Waals surface area contributed by atoms with Crippen molar-refractivity contribution in [1.29, 1.82) is 0 Å². The van der Waals surface area contributed by atoms with Gasteiger partial charge in [0.25, 0.3) is 20.0 Å². The van der Waals surface area contributed by atoms with Crippen LogP contribution in [0.1, 0.15) is 0 Å². The Morgan fingerprint density at radius 3 is 2.08 bits per heavy atom. The molecule has 2 aromatic heterocycles. The van der Waals surface area contributed by atoms with Gasteiger partial charge in [-0.15, -0.1) is 24.5 Å². The molecule has 0 saturated heterocycles. The molecular weight excluding hydrogens is 581 g/mol. The lowest BCUT2D eigenvalue weighted by Gasteiger charge is -2.16. The molecule has 0 amide bonds. The van der Waals surface area contributed by atoms with Crippen LogP contribution in [0.2, 0.25) is 4.34 Å². The average Bonchev–Trinajstić information content (AvgIpc) is 3.46. The largest absolute Gasteiger partial charge is 0.573 e. The number of halogens is 4. The van der Waals surface area contributed by atoms with E-state index in [0.29, 0.717) is 5.56 Å². The lowest BCUT2D eigenvalue weighted by molar-refractivity contribution is -0.274. The fourth-order valence-corrected chi connectivity index (χ4v) is 7.29. The van der Waals surface area contributed by atoms with Crippen molar-refractivity contribution >= 4 is 65.7 Å². The molecule has 7 nitrogen and oxygen atoms in total. The summed E-state index contributed by atoms with van der Waals surface area (Å²) in [5.41, 5.74) is 1.21. The van der Waals surface area contributed by atoms with E-state index in [1.54, 1.807) is 12.1 Å². The molecule has 0 atom stereocenters. The lowest BCUT2D eigenvalue weighted by atomic mass is 10.1. The summed E-state index contributed by atoms with van der Waals surface area (Å²) in [6.45, 7) is 0. The maximum Gasteiger partial charge on any atom is 0.573 e. The quantitative estimate of drug-likeness (QED) is 0.238. The Kier molecular flexibility index (Phi) is 7.26. The maximum absolute atomic E-state index is 13.0. The monoisotopic (exact) mass is 594 g/mol. The first kappa shape index (κ1) is 26.3. The molecule has 4 aromatic rings. The van der Waals surface area contributed by atoms with Crippen LogP contribution in [0.3, 0.4) is 0 Å². The van der Waals surface area contributed by atoms with Gasteiger partial charge in [0, 0.05) is 0 Å². The van der Waals surface area contributed by atoms with Crippen LogP contribution < -0.4 is 14.2 Å². The summed E-state index contributed by atoms with van der Waals surface area (Å²) in [6, 6.07) is 12.6. The molecule has 0 spiro atoms. The Balaban J connectivity index is 1.69. The minimum absolute atomic E-state index is 0.0703. The van der Waals surface area contributed by atoms with Crippen LogP contribution in [-0.2, 0) is 20.0 Å². The van der Waals surface area contributed by atoms with E-state index in [-0.39, 0.29) is 24.8 Å². The van der Waals surface area contributed by atoms with Crippen molar-refractivity contribution in [1.82, 2.24) is 0 Å². The van der Waals surface area contributed by atoms with Crippen molar-refractivity contribution in [2.45, 2.75) is 15.5 Å². The molecule has 0 bridgehead atoms. The van der Waals surface area contributed by atoms with Crippen LogP contribution in [0.5, 0.6) is 5.75 Å². The highest BCUT2D eigenvalue weighted by molar-refractivity contribution is 7.94. The van der Waals surface area contributed by atoms with Gasteiger partial charge >= 0.3 is 6.36 Å². The van der Waals surface area contributed by atoms with Gasteiger partial charge < -0.3 is 4.74 Å². The predicted molar refractivity (Wildman–Crippen MR) is 134 cm³/mol. The van der Waals surface area contributed by atoms with Gasteiger partial charge in [-0.25, -0.2) is 16.8 Å². The Labute approximate surface area is 217 Å².